The van der Waals surface area contributed by atoms with E-state index in [1.165, 1.54) is 12.8 Å². The van der Waals surface area contributed by atoms with Crippen molar-refractivity contribution in [3.8, 4) is 0 Å². The third-order valence-electron chi connectivity index (χ3n) is 10.3. The molecule has 0 aromatic heterocycles. The number of hydrogen-bond acceptors (Lipinski definition) is 4. The van der Waals surface area contributed by atoms with Crippen LogP contribution < -0.4 is 0 Å². The van der Waals surface area contributed by atoms with Crippen molar-refractivity contribution in [3.63, 3.8) is 0 Å². The number of nitrogens with zero attached hydrogens (tertiary/aromatic N) is 3. The average Bonchev–Trinajstić information content (AvgIpc) is 3.10. The van der Waals surface area contributed by atoms with Crippen LogP contribution in [0.15, 0.2) is 34.3 Å². The molecule has 4 aliphatic rings. The molecule has 0 spiro atoms. The predicted octanol–water partition coefficient (Wildman–Crippen LogP) is 6.79. The molecule has 0 bridgehead atoms. The van der Waals surface area contributed by atoms with Gasteiger partial charge in [-0.15, -0.1) is 0 Å². The van der Waals surface area contributed by atoms with E-state index in [0.717, 1.165) is 50.5 Å². The lowest BCUT2D eigenvalue weighted by Gasteiger charge is -2.60. The van der Waals surface area contributed by atoms with Gasteiger partial charge in [0.15, 0.2) is 0 Å². The molecule has 8 atom stereocenters. The van der Waals surface area contributed by atoms with Crippen LogP contribution in [0.3, 0.4) is 0 Å². The van der Waals surface area contributed by atoms with E-state index >= 15 is 0 Å². The maximum atomic E-state index is 13.1. The smallest absolute Gasteiger partial charge is 0.262 e. The first-order valence-corrected chi connectivity index (χ1v) is 14.1. The zero-order valence-corrected chi connectivity index (χ0v) is 20.9. The molecule has 0 radical (unpaired) electrons. The van der Waals surface area contributed by atoms with Crippen molar-refractivity contribution in [1.82, 2.24) is 0 Å². The number of azide groups is 1. The first-order valence-electron chi connectivity index (χ1n) is 12.7. The fourth-order valence-corrected chi connectivity index (χ4v) is 9.64. The molecule has 7 heteroatoms. The first-order chi connectivity index (χ1) is 15.7. The summed E-state index contributed by atoms with van der Waals surface area (Å²) in [5, 5.41) is 4.05. The second kappa shape index (κ2) is 8.28. The second-order valence-electron chi connectivity index (χ2n) is 11.8. The monoisotopic (exact) mass is 471 g/mol. The third kappa shape index (κ3) is 3.81. The van der Waals surface area contributed by atoms with Crippen LogP contribution in [0.2, 0.25) is 0 Å². The van der Waals surface area contributed by atoms with Crippen LogP contribution in [0.5, 0.6) is 0 Å². The number of benzene rings is 1. The standard InChI is InChI=1S/C26H37N3O3S/c1-17-4-7-20(8-5-17)33(30,31)32-24-11-10-22-21-9-6-18-16-19(28-29-27)12-14-25(18,2)23(21)13-15-26(22,24)3/h4-5,7-8,18-19,21-24H,6,9-16H2,1-3H3. The Bertz CT molecular complexity index is 1050. The fourth-order valence-electron chi connectivity index (χ4n) is 8.44. The molecular formula is C26H37N3O3S. The lowest BCUT2D eigenvalue weighted by atomic mass is 9.45. The summed E-state index contributed by atoms with van der Waals surface area (Å²) in [6.45, 7) is 6.74. The van der Waals surface area contributed by atoms with Crippen molar-refractivity contribution in [3.05, 3.63) is 40.3 Å². The van der Waals surface area contributed by atoms with Gasteiger partial charge in [0, 0.05) is 11.0 Å². The molecule has 6 nitrogen and oxygen atoms in total. The van der Waals surface area contributed by atoms with Gasteiger partial charge in [0.05, 0.1) is 11.0 Å². The van der Waals surface area contributed by atoms with Crippen molar-refractivity contribution in [2.45, 2.75) is 95.6 Å². The van der Waals surface area contributed by atoms with Gasteiger partial charge in [-0.2, -0.15) is 8.42 Å². The summed E-state index contributed by atoms with van der Waals surface area (Å²) < 4.78 is 32.1. The van der Waals surface area contributed by atoms with Crippen molar-refractivity contribution < 1.29 is 12.6 Å². The lowest BCUT2D eigenvalue weighted by molar-refractivity contribution is -0.119. The Morgan fingerprint density at radius 3 is 2.39 bits per heavy atom. The number of rotatable bonds is 4. The van der Waals surface area contributed by atoms with Crippen molar-refractivity contribution in [1.29, 1.82) is 0 Å². The molecule has 0 amide bonds. The van der Waals surface area contributed by atoms with Crippen LogP contribution in [0, 0.1) is 41.4 Å². The summed E-state index contributed by atoms with van der Waals surface area (Å²) >= 11 is 0. The molecule has 5 rings (SSSR count). The van der Waals surface area contributed by atoms with Crippen LogP contribution in [0.1, 0.15) is 77.2 Å². The Morgan fingerprint density at radius 2 is 1.67 bits per heavy atom. The summed E-state index contributed by atoms with van der Waals surface area (Å²) in [5.74, 6) is 2.51. The highest BCUT2D eigenvalue weighted by atomic mass is 32.2. The normalized spacial score (nSPS) is 42.5. The van der Waals surface area contributed by atoms with Gasteiger partial charge in [-0.05, 0) is 117 Å². The van der Waals surface area contributed by atoms with Crippen LogP contribution in [0.4, 0.5) is 0 Å². The summed E-state index contributed by atoms with van der Waals surface area (Å²) in [5.41, 5.74) is 10.2. The third-order valence-corrected chi connectivity index (χ3v) is 11.7. The Labute approximate surface area is 198 Å². The van der Waals surface area contributed by atoms with Gasteiger partial charge >= 0.3 is 0 Å². The van der Waals surface area contributed by atoms with Crippen LogP contribution >= 0.6 is 0 Å². The molecule has 180 valence electrons. The molecule has 4 aliphatic carbocycles. The van der Waals surface area contributed by atoms with E-state index in [1.54, 1.807) is 12.1 Å². The zero-order valence-electron chi connectivity index (χ0n) is 20.1. The first kappa shape index (κ1) is 23.2. The molecule has 4 fully saturated rings. The number of hydrogen-bond donors (Lipinski definition) is 0. The summed E-state index contributed by atoms with van der Waals surface area (Å²) in [4.78, 5) is 3.34. The number of aryl methyl sites for hydroxylation is 1. The van der Waals surface area contributed by atoms with Gasteiger partial charge in [-0.25, -0.2) is 0 Å². The molecule has 0 N–H and O–H groups in total. The van der Waals surface area contributed by atoms with E-state index in [4.69, 9.17) is 9.71 Å². The van der Waals surface area contributed by atoms with Gasteiger partial charge in [0.1, 0.15) is 0 Å². The molecule has 1 aromatic carbocycles. The van der Waals surface area contributed by atoms with E-state index in [-0.39, 0.29) is 22.5 Å². The SMILES string of the molecule is Cc1ccc(S(=O)(=O)OC2CCC3C4CCC5CC(N=[N+]=[N-])CCC5(C)C4CCC23C)cc1. The Morgan fingerprint density at radius 1 is 0.970 bits per heavy atom. The molecular weight excluding hydrogens is 434 g/mol. The molecule has 1 aromatic rings. The van der Waals surface area contributed by atoms with Crippen LogP contribution in [-0.2, 0) is 14.3 Å². The lowest BCUT2D eigenvalue weighted by Crippen LogP contribution is -2.54. The maximum absolute atomic E-state index is 13.1. The van der Waals surface area contributed by atoms with E-state index in [0.29, 0.717) is 29.1 Å². The quantitative estimate of drug-likeness (QED) is 0.209. The van der Waals surface area contributed by atoms with Crippen molar-refractivity contribution >= 4 is 10.1 Å². The Hall–Kier alpha value is -1.56. The minimum absolute atomic E-state index is 0.0789. The van der Waals surface area contributed by atoms with Crippen molar-refractivity contribution in [2.24, 2.45) is 39.6 Å². The van der Waals surface area contributed by atoms with Crippen molar-refractivity contribution in [2.75, 3.05) is 0 Å². The number of fused-ring (bicyclic) bond motifs is 5. The molecule has 0 saturated heterocycles. The minimum atomic E-state index is -3.76. The Kier molecular flexibility index (Phi) is 5.82. The molecule has 8 unspecified atom stereocenters. The van der Waals surface area contributed by atoms with Crippen LogP contribution in [0.25, 0.3) is 10.4 Å². The van der Waals surface area contributed by atoms with Gasteiger partial charge in [0.2, 0.25) is 0 Å². The highest BCUT2D eigenvalue weighted by Crippen LogP contribution is 2.66. The van der Waals surface area contributed by atoms with Gasteiger partial charge in [-0.3, -0.25) is 4.18 Å². The minimum Gasteiger partial charge on any atom is -0.262 e. The highest BCUT2D eigenvalue weighted by Gasteiger charge is 2.61. The van der Waals surface area contributed by atoms with Gasteiger partial charge in [0.25, 0.3) is 10.1 Å². The predicted molar refractivity (Wildman–Crippen MR) is 128 cm³/mol. The van der Waals surface area contributed by atoms with Gasteiger partial charge < -0.3 is 0 Å². The molecule has 4 saturated carbocycles. The van der Waals surface area contributed by atoms with E-state index in [2.05, 4.69) is 23.9 Å². The topological polar surface area (TPSA) is 92.1 Å². The maximum Gasteiger partial charge on any atom is 0.297 e. The largest absolute Gasteiger partial charge is 0.297 e. The Balaban J connectivity index is 1.34. The van der Waals surface area contributed by atoms with E-state index in [9.17, 15) is 8.42 Å². The van der Waals surface area contributed by atoms with E-state index in [1.807, 2.05) is 19.1 Å². The zero-order chi connectivity index (χ0) is 23.4. The summed E-state index contributed by atoms with van der Waals surface area (Å²) in [6.07, 6.45) is 9.45. The fraction of sp³-hybridized carbons (Fsp3) is 0.769. The van der Waals surface area contributed by atoms with Crippen LogP contribution in [-0.4, -0.2) is 20.6 Å². The average molecular weight is 472 g/mol. The molecule has 0 heterocycles. The summed E-state index contributed by atoms with van der Waals surface area (Å²) in [7, 11) is -3.76. The molecule has 0 aliphatic heterocycles. The second-order valence-corrected chi connectivity index (χ2v) is 13.3. The molecule has 33 heavy (non-hydrogen) atoms. The van der Waals surface area contributed by atoms with Gasteiger partial charge in [-0.1, -0.05) is 36.7 Å². The summed E-state index contributed by atoms with van der Waals surface area (Å²) in [6, 6.07) is 7.14. The van der Waals surface area contributed by atoms with E-state index < -0.39 is 10.1 Å². The highest BCUT2D eigenvalue weighted by molar-refractivity contribution is 7.86.